The molecule has 84 valence electrons. The van der Waals surface area contributed by atoms with Crippen LogP contribution in [0.3, 0.4) is 0 Å². The number of halogens is 2. The zero-order chi connectivity index (χ0) is 12.3. The van der Waals surface area contributed by atoms with Gasteiger partial charge in [-0.2, -0.15) is 5.26 Å². The van der Waals surface area contributed by atoms with Crippen molar-refractivity contribution >= 4 is 34.8 Å². The van der Waals surface area contributed by atoms with E-state index < -0.39 is 11.3 Å². The van der Waals surface area contributed by atoms with E-state index in [1.807, 2.05) is 6.07 Å². The van der Waals surface area contributed by atoms with Gasteiger partial charge in [0.2, 0.25) is 5.91 Å². The summed E-state index contributed by atoms with van der Waals surface area (Å²) in [4.78, 5) is 11.7. The van der Waals surface area contributed by atoms with Crippen LogP contribution in [0.4, 0.5) is 5.69 Å². The summed E-state index contributed by atoms with van der Waals surface area (Å²) in [5.41, 5.74) is -0.790. The first-order valence-electron chi connectivity index (χ1n) is 4.55. The largest absolute Gasteiger partial charge is 0.322 e. The number of amides is 1. The van der Waals surface area contributed by atoms with Gasteiger partial charge < -0.3 is 5.32 Å². The molecular formula is C11H10Cl2N2O. The fourth-order valence-corrected chi connectivity index (χ4v) is 1.43. The van der Waals surface area contributed by atoms with E-state index in [4.69, 9.17) is 28.5 Å². The number of para-hydroxylation sites is 1. The van der Waals surface area contributed by atoms with Crippen LogP contribution in [-0.4, -0.2) is 5.91 Å². The number of hydrogen-bond acceptors (Lipinski definition) is 2. The number of rotatable bonds is 2. The van der Waals surface area contributed by atoms with E-state index in [0.29, 0.717) is 15.7 Å². The van der Waals surface area contributed by atoms with Crippen LogP contribution in [-0.2, 0) is 4.79 Å². The molecule has 0 fully saturated rings. The standard InChI is InChI=1S/C11H10Cl2N2O/c1-11(2,6-14)10(16)15-9-7(12)4-3-5-8(9)13/h3-5H,1-2H3,(H,15,16). The molecule has 5 heteroatoms. The molecule has 0 heterocycles. The normalized spacial score (nSPS) is 10.7. The second kappa shape index (κ2) is 4.73. The summed E-state index contributed by atoms with van der Waals surface area (Å²) in [6.07, 6.45) is 0. The lowest BCUT2D eigenvalue weighted by molar-refractivity contribution is -0.121. The van der Waals surface area contributed by atoms with Gasteiger partial charge in [0.1, 0.15) is 5.41 Å². The summed E-state index contributed by atoms with van der Waals surface area (Å²) in [6.45, 7) is 3.04. The highest BCUT2D eigenvalue weighted by molar-refractivity contribution is 6.39. The Hall–Kier alpha value is -1.24. The summed E-state index contributed by atoms with van der Waals surface area (Å²) in [5.74, 6) is -0.440. The predicted octanol–water partition coefficient (Wildman–Crippen LogP) is 3.48. The molecule has 1 aromatic rings. The monoisotopic (exact) mass is 256 g/mol. The van der Waals surface area contributed by atoms with Crippen LogP contribution in [0.5, 0.6) is 0 Å². The number of benzene rings is 1. The Morgan fingerprint density at radius 3 is 2.31 bits per heavy atom. The maximum atomic E-state index is 11.7. The quantitative estimate of drug-likeness (QED) is 0.881. The van der Waals surface area contributed by atoms with Crippen LogP contribution >= 0.6 is 23.2 Å². The minimum Gasteiger partial charge on any atom is -0.322 e. The Balaban J connectivity index is 2.99. The zero-order valence-corrected chi connectivity index (χ0v) is 10.4. The van der Waals surface area contributed by atoms with E-state index in [1.54, 1.807) is 18.2 Å². The number of carbonyl (C=O) groups excluding carboxylic acids is 1. The maximum Gasteiger partial charge on any atom is 0.244 e. The molecule has 0 aliphatic carbocycles. The highest BCUT2D eigenvalue weighted by Gasteiger charge is 2.28. The number of carbonyl (C=O) groups is 1. The number of nitriles is 1. The highest BCUT2D eigenvalue weighted by atomic mass is 35.5. The van der Waals surface area contributed by atoms with Crippen molar-refractivity contribution in [3.05, 3.63) is 28.2 Å². The van der Waals surface area contributed by atoms with Crippen molar-refractivity contribution in [2.45, 2.75) is 13.8 Å². The number of hydrogen-bond donors (Lipinski definition) is 1. The third-order valence-electron chi connectivity index (χ3n) is 2.05. The fraction of sp³-hybridized carbons (Fsp3) is 0.273. The van der Waals surface area contributed by atoms with Gasteiger partial charge in [0.05, 0.1) is 21.8 Å². The predicted molar refractivity (Wildman–Crippen MR) is 64.5 cm³/mol. The molecule has 0 radical (unpaired) electrons. The van der Waals surface area contributed by atoms with Crippen LogP contribution in [0.2, 0.25) is 10.0 Å². The van der Waals surface area contributed by atoms with Gasteiger partial charge in [-0.25, -0.2) is 0 Å². The molecule has 0 atom stereocenters. The van der Waals surface area contributed by atoms with Crippen molar-refractivity contribution in [2.24, 2.45) is 5.41 Å². The lowest BCUT2D eigenvalue weighted by Gasteiger charge is -2.16. The van der Waals surface area contributed by atoms with E-state index in [0.717, 1.165) is 0 Å². The van der Waals surface area contributed by atoms with Gasteiger partial charge in [0, 0.05) is 0 Å². The Bertz CT molecular complexity index is 443. The molecule has 1 aromatic carbocycles. The molecule has 1 amide bonds. The lowest BCUT2D eigenvalue weighted by atomic mass is 9.94. The Labute approximate surface area is 104 Å². The summed E-state index contributed by atoms with van der Waals surface area (Å²) < 4.78 is 0. The summed E-state index contributed by atoms with van der Waals surface area (Å²) in [5, 5.41) is 12.0. The second-order valence-corrected chi connectivity index (χ2v) is 4.60. The van der Waals surface area contributed by atoms with Gasteiger partial charge >= 0.3 is 0 Å². The van der Waals surface area contributed by atoms with Crippen LogP contribution in [0.1, 0.15) is 13.8 Å². The summed E-state index contributed by atoms with van der Waals surface area (Å²) in [6, 6.07) is 6.81. The smallest absolute Gasteiger partial charge is 0.244 e. The third-order valence-corrected chi connectivity index (χ3v) is 2.68. The van der Waals surface area contributed by atoms with Crippen LogP contribution in [0.25, 0.3) is 0 Å². The van der Waals surface area contributed by atoms with Gasteiger partial charge in [-0.3, -0.25) is 4.79 Å². The highest BCUT2D eigenvalue weighted by Crippen LogP contribution is 2.31. The van der Waals surface area contributed by atoms with E-state index in [1.165, 1.54) is 13.8 Å². The van der Waals surface area contributed by atoms with Gasteiger partial charge in [0.15, 0.2) is 0 Å². The molecule has 1 rings (SSSR count). The van der Waals surface area contributed by atoms with E-state index >= 15 is 0 Å². The molecule has 0 saturated carbocycles. The Kier molecular flexibility index (Phi) is 3.79. The van der Waals surface area contributed by atoms with E-state index in [-0.39, 0.29) is 0 Å². The zero-order valence-electron chi connectivity index (χ0n) is 8.84. The van der Waals surface area contributed by atoms with Crippen molar-refractivity contribution < 1.29 is 4.79 Å². The average Bonchev–Trinajstić information content (AvgIpc) is 2.23. The van der Waals surface area contributed by atoms with Crippen molar-refractivity contribution in [2.75, 3.05) is 5.32 Å². The minimum absolute atomic E-state index is 0.333. The number of anilines is 1. The summed E-state index contributed by atoms with van der Waals surface area (Å²) in [7, 11) is 0. The number of nitrogens with zero attached hydrogens (tertiary/aromatic N) is 1. The minimum atomic E-state index is -1.12. The van der Waals surface area contributed by atoms with Crippen molar-refractivity contribution in [1.29, 1.82) is 5.26 Å². The van der Waals surface area contributed by atoms with E-state index in [2.05, 4.69) is 5.32 Å². The Morgan fingerprint density at radius 2 is 1.88 bits per heavy atom. The van der Waals surface area contributed by atoms with E-state index in [9.17, 15) is 4.79 Å². The first-order valence-corrected chi connectivity index (χ1v) is 5.31. The molecule has 0 saturated heterocycles. The van der Waals surface area contributed by atoms with Crippen LogP contribution < -0.4 is 5.32 Å². The average molecular weight is 257 g/mol. The summed E-state index contributed by atoms with van der Waals surface area (Å²) >= 11 is 11.8. The van der Waals surface area contributed by atoms with Crippen molar-refractivity contribution in [3.63, 3.8) is 0 Å². The van der Waals surface area contributed by atoms with Crippen molar-refractivity contribution in [3.8, 4) is 6.07 Å². The van der Waals surface area contributed by atoms with Gasteiger partial charge in [-0.05, 0) is 26.0 Å². The fourth-order valence-electron chi connectivity index (χ4n) is 0.938. The molecular weight excluding hydrogens is 247 g/mol. The third kappa shape index (κ3) is 2.66. The molecule has 0 aromatic heterocycles. The molecule has 1 N–H and O–H groups in total. The van der Waals surface area contributed by atoms with Gasteiger partial charge in [0.25, 0.3) is 0 Å². The molecule has 0 bridgehead atoms. The lowest BCUT2D eigenvalue weighted by Crippen LogP contribution is -2.29. The second-order valence-electron chi connectivity index (χ2n) is 3.79. The SMILES string of the molecule is CC(C)(C#N)C(=O)Nc1c(Cl)cccc1Cl. The molecule has 0 spiro atoms. The van der Waals surface area contributed by atoms with Crippen molar-refractivity contribution in [1.82, 2.24) is 0 Å². The van der Waals surface area contributed by atoms with Crippen LogP contribution in [0, 0.1) is 16.7 Å². The molecule has 0 aliphatic heterocycles. The molecule has 3 nitrogen and oxygen atoms in total. The molecule has 0 aliphatic rings. The topological polar surface area (TPSA) is 52.9 Å². The molecule has 0 unspecified atom stereocenters. The number of nitrogens with one attached hydrogen (secondary N) is 1. The van der Waals surface area contributed by atoms with Crippen LogP contribution in [0.15, 0.2) is 18.2 Å². The first kappa shape index (κ1) is 12.8. The molecule has 16 heavy (non-hydrogen) atoms. The maximum absolute atomic E-state index is 11.7. The van der Waals surface area contributed by atoms with Gasteiger partial charge in [-0.15, -0.1) is 0 Å². The Morgan fingerprint density at radius 1 is 1.38 bits per heavy atom. The first-order chi connectivity index (χ1) is 7.38. The van der Waals surface area contributed by atoms with Gasteiger partial charge in [-0.1, -0.05) is 29.3 Å².